The van der Waals surface area contributed by atoms with E-state index in [2.05, 4.69) is 4.74 Å². The summed E-state index contributed by atoms with van der Waals surface area (Å²) in [5.74, 6) is -9.35. The van der Waals surface area contributed by atoms with Crippen LogP contribution >= 0.6 is 0 Å². The fraction of sp³-hybridized carbons (Fsp3) is 0.556. The average Bonchev–Trinajstić information content (AvgIpc) is 2.22. The predicted octanol–water partition coefficient (Wildman–Crippen LogP) is -0.574. The van der Waals surface area contributed by atoms with E-state index in [-0.39, 0.29) is 6.42 Å². The summed E-state index contributed by atoms with van der Waals surface area (Å²) in [4.78, 5) is 44.3. The van der Waals surface area contributed by atoms with Crippen LogP contribution in [0.1, 0.15) is 13.3 Å². The molecule has 0 aliphatic carbocycles. The van der Waals surface area contributed by atoms with Gasteiger partial charge in [-0.3, -0.25) is 19.2 Å². The van der Waals surface area contributed by atoms with Gasteiger partial charge < -0.3 is 20.1 Å². The molecule has 0 aliphatic heterocycles. The molecular formula is C9H12O8. The topological polar surface area (TPSA) is 138 Å². The number of ether oxygens (including phenoxy) is 1. The summed E-state index contributed by atoms with van der Waals surface area (Å²) in [5, 5.41) is 26.6. The minimum atomic E-state index is -3.13. The first-order valence-electron chi connectivity index (χ1n) is 4.54. The molecule has 3 N–H and O–H groups in total. The molecule has 0 saturated heterocycles. The fourth-order valence-corrected chi connectivity index (χ4v) is 1.53. The van der Waals surface area contributed by atoms with Gasteiger partial charge in [0.2, 0.25) is 0 Å². The van der Waals surface area contributed by atoms with Crippen LogP contribution in [0, 0.1) is 11.3 Å². The summed E-state index contributed by atoms with van der Waals surface area (Å²) in [6, 6.07) is 0. The van der Waals surface area contributed by atoms with Crippen LogP contribution in [0.15, 0.2) is 0 Å². The van der Waals surface area contributed by atoms with Crippen molar-refractivity contribution in [2.24, 2.45) is 11.3 Å². The second kappa shape index (κ2) is 5.28. The molecular weight excluding hydrogens is 236 g/mol. The van der Waals surface area contributed by atoms with Crippen molar-refractivity contribution in [3.63, 3.8) is 0 Å². The monoisotopic (exact) mass is 248 g/mol. The first-order valence-corrected chi connectivity index (χ1v) is 4.54. The van der Waals surface area contributed by atoms with E-state index < -0.39 is 35.2 Å². The number of esters is 1. The predicted molar refractivity (Wildman–Crippen MR) is 51.1 cm³/mol. The van der Waals surface area contributed by atoms with Gasteiger partial charge in [-0.2, -0.15) is 0 Å². The molecule has 0 radical (unpaired) electrons. The summed E-state index contributed by atoms with van der Waals surface area (Å²) >= 11 is 0. The Balaban J connectivity index is 5.97. The van der Waals surface area contributed by atoms with E-state index in [1.165, 1.54) is 6.92 Å². The van der Waals surface area contributed by atoms with Gasteiger partial charge in [0.05, 0.1) is 13.0 Å². The van der Waals surface area contributed by atoms with Crippen LogP contribution in [-0.4, -0.2) is 46.3 Å². The van der Waals surface area contributed by atoms with E-state index in [0.29, 0.717) is 0 Å². The van der Waals surface area contributed by atoms with Crippen LogP contribution in [0.3, 0.4) is 0 Å². The van der Waals surface area contributed by atoms with Crippen molar-refractivity contribution in [3.8, 4) is 0 Å². The fourth-order valence-electron chi connectivity index (χ4n) is 1.53. The third-order valence-electron chi connectivity index (χ3n) is 2.41. The molecule has 8 heteroatoms. The molecule has 17 heavy (non-hydrogen) atoms. The summed E-state index contributed by atoms with van der Waals surface area (Å²) in [6.45, 7) is 1.27. The number of carbonyl (C=O) groups is 4. The third kappa shape index (κ3) is 2.19. The highest BCUT2D eigenvalue weighted by molar-refractivity contribution is 6.19. The summed E-state index contributed by atoms with van der Waals surface area (Å²) in [6.07, 6.45) is -0.344. The normalized spacial score (nSPS) is 12.6. The minimum absolute atomic E-state index is 0.344. The van der Waals surface area contributed by atoms with Crippen molar-refractivity contribution in [1.29, 1.82) is 0 Å². The van der Waals surface area contributed by atoms with Crippen LogP contribution in [0.5, 0.6) is 0 Å². The van der Waals surface area contributed by atoms with E-state index in [4.69, 9.17) is 15.3 Å². The molecule has 0 bridgehead atoms. The van der Waals surface area contributed by atoms with Crippen molar-refractivity contribution in [1.82, 2.24) is 0 Å². The van der Waals surface area contributed by atoms with Crippen LogP contribution in [0.4, 0.5) is 0 Å². The van der Waals surface area contributed by atoms with Crippen molar-refractivity contribution in [3.05, 3.63) is 0 Å². The van der Waals surface area contributed by atoms with Gasteiger partial charge in [0.1, 0.15) is 0 Å². The second-order valence-electron chi connectivity index (χ2n) is 3.21. The summed E-state index contributed by atoms with van der Waals surface area (Å²) < 4.78 is 4.11. The Labute approximate surface area is 95.8 Å². The Morgan fingerprint density at radius 1 is 1.12 bits per heavy atom. The zero-order valence-corrected chi connectivity index (χ0v) is 9.17. The highest BCUT2D eigenvalue weighted by Gasteiger charge is 2.63. The molecule has 0 aromatic rings. The largest absolute Gasteiger partial charge is 0.481 e. The number of carboxylic acid groups (broad SMARTS) is 3. The number of methoxy groups -OCH3 is 1. The standard InChI is InChI=1S/C9H12O8/c1-3-4(5(10)11)9(6(12)13,7(14)15)8(16)17-2/h4H,3H2,1-2H3,(H,10,11)(H,12,13)(H,14,15). The maximum Gasteiger partial charge on any atom is 0.335 e. The highest BCUT2D eigenvalue weighted by Crippen LogP contribution is 2.33. The molecule has 0 spiro atoms. The van der Waals surface area contributed by atoms with E-state index in [1.807, 2.05) is 0 Å². The van der Waals surface area contributed by atoms with Gasteiger partial charge in [0.15, 0.2) is 0 Å². The van der Waals surface area contributed by atoms with Gasteiger partial charge in [-0.15, -0.1) is 0 Å². The van der Waals surface area contributed by atoms with E-state index >= 15 is 0 Å². The molecule has 1 atom stereocenters. The van der Waals surface area contributed by atoms with Crippen LogP contribution in [0.2, 0.25) is 0 Å². The van der Waals surface area contributed by atoms with Gasteiger partial charge in [0, 0.05) is 0 Å². The molecule has 0 aliphatic rings. The third-order valence-corrected chi connectivity index (χ3v) is 2.41. The summed E-state index contributed by atoms with van der Waals surface area (Å²) in [5.41, 5.74) is -3.13. The molecule has 1 unspecified atom stereocenters. The molecule has 0 amide bonds. The summed E-state index contributed by atoms with van der Waals surface area (Å²) in [7, 11) is 0.789. The Hall–Kier alpha value is -2.12. The SMILES string of the molecule is CCC(C(=O)O)C(C(=O)O)(C(=O)O)C(=O)OC. The number of carbonyl (C=O) groups excluding carboxylic acids is 1. The molecule has 96 valence electrons. The van der Waals surface area contributed by atoms with Gasteiger partial charge in [-0.25, -0.2) is 0 Å². The lowest BCUT2D eigenvalue weighted by Gasteiger charge is -2.27. The van der Waals surface area contributed by atoms with E-state index in [0.717, 1.165) is 7.11 Å². The number of aliphatic carboxylic acids is 3. The van der Waals surface area contributed by atoms with E-state index in [1.54, 1.807) is 0 Å². The molecule has 0 heterocycles. The average molecular weight is 248 g/mol. The maximum atomic E-state index is 11.4. The molecule has 0 rings (SSSR count). The van der Waals surface area contributed by atoms with Crippen LogP contribution in [0.25, 0.3) is 0 Å². The van der Waals surface area contributed by atoms with Crippen molar-refractivity contribution < 1.29 is 39.2 Å². The molecule has 0 aromatic heterocycles. The van der Waals surface area contributed by atoms with Gasteiger partial charge >= 0.3 is 23.9 Å². The van der Waals surface area contributed by atoms with Gasteiger partial charge in [-0.1, -0.05) is 6.92 Å². The number of rotatable bonds is 6. The van der Waals surface area contributed by atoms with Crippen molar-refractivity contribution in [2.75, 3.05) is 7.11 Å². The Morgan fingerprint density at radius 3 is 1.71 bits per heavy atom. The molecule has 0 fully saturated rings. The zero-order chi connectivity index (χ0) is 13.8. The number of hydrogen-bond donors (Lipinski definition) is 3. The molecule has 0 saturated carbocycles. The Kier molecular flexibility index (Phi) is 4.62. The Morgan fingerprint density at radius 2 is 1.53 bits per heavy atom. The maximum absolute atomic E-state index is 11.4. The Bertz CT molecular complexity index is 344. The van der Waals surface area contributed by atoms with E-state index in [9.17, 15) is 19.2 Å². The van der Waals surface area contributed by atoms with Crippen molar-refractivity contribution >= 4 is 23.9 Å². The molecule has 8 nitrogen and oxygen atoms in total. The first-order chi connectivity index (χ1) is 7.76. The number of hydrogen-bond acceptors (Lipinski definition) is 5. The van der Waals surface area contributed by atoms with Gasteiger partial charge in [-0.05, 0) is 6.42 Å². The zero-order valence-electron chi connectivity index (χ0n) is 9.17. The lowest BCUT2D eigenvalue weighted by atomic mass is 9.73. The highest BCUT2D eigenvalue weighted by atomic mass is 16.5. The van der Waals surface area contributed by atoms with Crippen LogP contribution < -0.4 is 0 Å². The van der Waals surface area contributed by atoms with Crippen LogP contribution in [-0.2, 0) is 23.9 Å². The minimum Gasteiger partial charge on any atom is -0.481 e. The quantitative estimate of drug-likeness (QED) is 0.419. The lowest BCUT2D eigenvalue weighted by Crippen LogP contribution is -2.54. The molecule has 0 aromatic carbocycles. The van der Waals surface area contributed by atoms with Crippen molar-refractivity contribution in [2.45, 2.75) is 13.3 Å². The number of carboxylic acids is 3. The van der Waals surface area contributed by atoms with Gasteiger partial charge in [0.25, 0.3) is 5.41 Å². The lowest BCUT2D eigenvalue weighted by molar-refractivity contribution is -0.187. The smallest absolute Gasteiger partial charge is 0.335 e. The second-order valence-corrected chi connectivity index (χ2v) is 3.21. The first kappa shape index (κ1) is 14.9.